The molecule has 2 aromatic rings. The van der Waals surface area contributed by atoms with Crippen molar-refractivity contribution in [3.63, 3.8) is 0 Å². The molecule has 0 aliphatic heterocycles. The highest BCUT2D eigenvalue weighted by molar-refractivity contribution is 6.41. The van der Waals surface area contributed by atoms with Crippen LogP contribution in [0.15, 0.2) is 34.9 Å². The molecular formula is C13H12Cl3NO. The van der Waals surface area contributed by atoms with Gasteiger partial charge >= 0.3 is 0 Å². The Bertz CT molecular complexity index is 502. The Hall–Kier alpha value is -0.830. The molecule has 0 saturated heterocycles. The number of rotatable bonds is 4. The van der Waals surface area contributed by atoms with Crippen molar-refractivity contribution in [2.45, 2.75) is 19.4 Å². The zero-order valence-electron chi connectivity index (χ0n) is 9.71. The lowest BCUT2D eigenvalue weighted by molar-refractivity contribution is 0.498. The minimum atomic E-state index is 0.146. The average molecular weight is 305 g/mol. The van der Waals surface area contributed by atoms with Crippen LogP contribution in [0.1, 0.15) is 12.7 Å². The standard InChI is InChI=1S/C13H12Cl3NO/c1-8(5-10-3-2-4-18-10)17-13-11(15)6-9(14)7-12(13)16/h2-4,6-8,17H,5H2,1H3. The lowest BCUT2D eigenvalue weighted by atomic mass is 10.2. The molecule has 0 radical (unpaired) electrons. The van der Waals surface area contributed by atoms with Crippen LogP contribution in [0.2, 0.25) is 15.1 Å². The lowest BCUT2D eigenvalue weighted by Crippen LogP contribution is -2.18. The van der Waals surface area contributed by atoms with Crippen molar-refractivity contribution in [1.82, 2.24) is 0 Å². The third kappa shape index (κ3) is 3.35. The van der Waals surface area contributed by atoms with Crippen LogP contribution in [0.25, 0.3) is 0 Å². The van der Waals surface area contributed by atoms with Crippen molar-refractivity contribution in [1.29, 1.82) is 0 Å². The summed E-state index contributed by atoms with van der Waals surface area (Å²) in [6.07, 6.45) is 2.41. The van der Waals surface area contributed by atoms with Crippen molar-refractivity contribution in [3.05, 3.63) is 51.4 Å². The molecule has 5 heteroatoms. The number of halogens is 3. The molecule has 1 aromatic carbocycles. The van der Waals surface area contributed by atoms with E-state index in [1.54, 1.807) is 18.4 Å². The summed E-state index contributed by atoms with van der Waals surface area (Å²) in [5, 5.41) is 4.81. The molecule has 0 amide bonds. The minimum Gasteiger partial charge on any atom is -0.469 e. The molecule has 0 aliphatic carbocycles. The fourth-order valence-electron chi connectivity index (χ4n) is 1.71. The summed E-state index contributed by atoms with van der Waals surface area (Å²) in [5.41, 5.74) is 0.696. The molecular weight excluding hydrogens is 293 g/mol. The van der Waals surface area contributed by atoms with Crippen molar-refractivity contribution in [2.75, 3.05) is 5.32 Å². The van der Waals surface area contributed by atoms with Crippen LogP contribution in [0, 0.1) is 0 Å². The van der Waals surface area contributed by atoms with E-state index in [-0.39, 0.29) is 6.04 Å². The van der Waals surface area contributed by atoms with Crippen LogP contribution >= 0.6 is 34.8 Å². The molecule has 2 rings (SSSR count). The van der Waals surface area contributed by atoms with E-state index in [2.05, 4.69) is 5.32 Å². The SMILES string of the molecule is CC(Cc1ccco1)Nc1c(Cl)cc(Cl)cc1Cl. The second-order valence-electron chi connectivity index (χ2n) is 4.07. The van der Waals surface area contributed by atoms with Gasteiger partial charge in [-0.05, 0) is 31.2 Å². The van der Waals surface area contributed by atoms with Gasteiger partial charge in [0, 0.05) is 17.5 Å². The third-order valence-electron chi connectivity index (χ3n) is 2.49. The fourth-order valence-corrected chi connectivity index (χ4v) is 2.63. The molecule has 0 aliphatic rings. The molecule has 1 aromatic heterocycles. The van der Waals surface area contributed by atoms with E-state index < -0.39 is 0 Å². The fraction of sp³-hybridized carbons (Fsp3) is 0.231. The van der Waals surface area contributed by atoms with E-state index in [9.17, 15) is 0 Å². The maximum absolute atomic E-state index is 6.11. The van der Waals surface area contributed by atoms with Gasteiger partial charge in [-0.25, -0.2) is 0 Å². The van der Waals surface area contributed by atoms with Gasteiger partial charge in [-0.2, -0.15) is 0 Å². The maximum Gasteiger partial charge on any atom is 0.105 e. The molecule has 1 heterocycles. The van der Waals surface area contributed by atoms with Crippen LogP contribution in [-0.4, -0.2) is 6.04 Å². The van der Waals surface area contributed by atoms with Crippen molar-refractivity contribution < 1.29 is 4.42 Å². The van der Waals surface area contributed by atoms with Crippen molar-refractivity contribution in [2.24, 2.45) is 0 Å². The molecule has 1 unspecified atom stereocenters. The summed E-state index contributed by atoms with van der Waals surface area (Å²) in [5.74, 6) is 0.913. The molecule has 0 bridgehead atoms. The molecule has 0 fully saturated rings. The Balaban J connectivity index is 2.09. The molecule has 0 saturated carbocycles. The van der Waals surface area contributed by atoms with Crippen LogP contribution in [0.3, 0.4) is 0 Å². The van der Waals surface area contributed by atoms with Crippen LogP contribution in [-0.2, 0) is 6.42 Å². The Morgan fingerprint density at radius 1 is 1.22 bits per heavy atom. The topological polar surface area (TPSA) is 25.2 Å². The zero-order chi connectivity index (χ0) is 13.1. The molecule has 96 valence electrons. The third-order valence-corrected chi connectivity index (χ3v) is 3.30. The zero-order valence-corrected chi connectivity index (χ0v) is 12.0. The smallest absolute Gasteiger partial charge is 0.105 e. The highest BCUT2D eigenvalue weighted by atomic mass is 35.5. The molecule has 18 heavy (non-hydrogen) atoms. The summed E-state index contributed by atoms with van der Waals surface area (Å²) in [6, 6.07) is 7.27. The second-order valence-corrected chi connectivity index (χ2v) is 5.32. The van der Waals surface area contributed by atoms with E-state index in [1.807, 2.05) is 19.1 Å². The van der Waals surface area contributed by atoms with E-state index >= 15 is 0 Å². The van der Waals surface area contributed by atoms with Gasteiger partial charge in [0.15, 0.2) is 0 Å². The van der Waals surface area contributed by atoms with Crippen LogP contribution in [0.4, 0.5) is 5.69 Å². The predicted octanol–water partition coefficient (Wildman–Crippen LogP) is 5.28. The molecule has 0 spiro atoms. The van der Waals surface area contributed by atoms with Gasteiger partial charge in [0.1, 0.15) is 5.76 Å². The highest BCUT2D eigenvalue weighted by Gasteiger charge is 2.12. The quantitative estimate of drug-likeness (QED) is 0.831. The number of nitrogens with one attached hydrogen (secondary N) is 1. The van der Waals surface area contributed by atoms with Gasteiger partial charge in [-0.3, -0.25) is 0 Å². The number of hydrogen-bond donors (Lipinski definition) is 1. The summed E-state index contributed by atoms with van der Waals surface area (Å²) in [6.45, 7) is 2.03. The normalized spacial score (nSPS) is 12.4. The van der Waals surface area contributed by atoms with Gasteiger partial charge in [-0.15, -0.1) is 0 Å². The average Bonchev–Trinajstić information content (AvgIpc) is 2.76. The lowest BCUT2D eigenvalue weighted by Gasteiger charge is -2.16. The second kappa shape index (κ2) is 5.87. The van der Waals surface area contributed by atoms with Gasteiger partial charge in [0.2, 0.25) is 0 Å². The molecule has 1 N–H and O–H groups in total. The number of hydrogen-bond acceptors (Lipinski definition) is 2. The summed E-state index contributed by atoms with van der Waals surface area (Å²) < 4.78 is 5.29. The first kappa shape index (κ1) is 13.6. The Kier molecular flexibility index (Phi) is 4.44. The highest BCUT2D eigenvalue weighted by Crippen LogP contribution is 2.34. The number of benzene rings is 1. The van der Waals surface area contributed by atoms with Gasteiger partial charge in [0.05, 0.1) is 22.0 Å². The van der Waals surface area contributed by atoms with E-state index in [0.29, 0.717) is 20.8 Å². The van der Waals surface area contributed by atoms with Crippen molar-refractivity contribution >= 4 is 40.5 Å². The van der Waals surface area contributed by atoms with Crippen LogP contribution in [0.5, 0.6) is 0 Å². The first-order valence-corrected chi connectivity index (χ1v) is 6.63. The van der Waals surface area contributed by atoms with Gasteiger partial charge < -0.3 is 9.73 Å². The van der Waals surface area contributed by atoms with E-state index in [4.69, 9.17) is 39.2 Å². The summed E-state index contributed by atoms with van der Waals surface area (Å²) >= 11 is 18.1. The van der Waals surface area contributed by atoms with E-state index in [0.717, 1.165) is 12.2 Å². The van der Waals surface area contributed by atoms with Gasteiger partial charge in [0.25, 0.3) is 0 Å². The molecule has 2 nitrogen and oxygen atoms in total. The molecule has 1 atom stereocenters. The Morgan fingerprint density at radius 3 is 2.44 bits per heavy atom. The van der Waals surface area contributed by atoms with Crippen LogP contribution < -0.4 is 5.32 Å². The number of anilines is 1. The summed E-state index contributed by atoms with van der Waals surface area (Å²) in [7, 11) is 0. The predicted molar refractivity (Wildman–Crippen MR) is 77.0 cm³/mol. The van der Waals surface area contributed by atoms with E-state index in [1.165, 1.54) is 0 Å². The minimum absolute atomic E-state index is 0.146. The largest absolute Gasteiger partial charge is 0.469 e. The summed E-state index contributed by atoms with van der Waals surface area (Å²) in [4.78, 5) is 0. The van der Waals surface area contributed by atoms with Gasteiger partial charge in [-0.1, -0.05) is 34.8 Å². The maximum atomic E-state index is 6.11. The number of furan rings is 1. The monoisotopic (exact) mass is 303 g/mol. The van der Waals surface area contributed by atoms with Crippen molar-refractivity contribution in [3.8, 4) is 0 Å². The Labute approximate surface area is 121 Å². The first-order chi connectivity index (χ1) is 8.56. The first-order valence-electron chi connectivity index (χ1n) is 5.49. The Morgan fingerprint density at radius 2 is 1.89 bits per heavy atom.